The molecule has 5 heteroatoms. The minimum Gasteiger partial charge on any atom is -0.380 e. The zero-order valence-corrected chi connectivity index (χ0v) is 12.6. The molecule has 0 amide bonds. The molecule has 0 radical (unpaired) electrons. The average Bonchev–Trinajstić information content (AvgIpc) is 2.98. The van der Waals surface area contributed by atoms with Crippen LogP contribution in [0.4, 0.5) is 0 Å². The van der Waals surface area contributed by atoms with E-state index in [0.29, 0.717) is 12.0 Å². The Hall–Kier alpha value is -1.72. The number of ether oxygens (including phenoxy) is 1. The Morgan fingerprint density at radius 3 is 2.86 bits per heavy atom. The largest absolute Gasteiger partial charge is 0.380 e. The van der Waals surface area contributed by atoms with Crippen LogP contribution in [0.2, 0.25) is 0 Å². The van der Waals surface area contributed by atoms with Gasteiger partial charge in [-0.15, -0.1) is 0 Å². The van der Waals surface area contributed by atoms with E-state index in [-0.39, 0.29) is 0 Å². The van der Waals surface area contributed by atoms with Crippen LogP contribution in [0.1, 0.15) is 19.2 Å². The number of piperidine rings is 1. The number of rotatable bonds is 4. The van der Waals surface area contributed by atoms with Gasteiger partial charge in [0.25, 0.3) is 0 Å². The normalized spacial score (nSPS) is 23.3. The summed E-state index contributed by atoms with van der Waals surface area (Å²) >= 11 is 0. The molecule has 1 aliphatic heterocycles. The topological polar surface area (TPSA) is 43.2 Å². The molecule has 5 nitrogen and oxygen atoms in total. The predicted molar refractivity (Wildman–Crippen MR) is 81.2 cm³/mol. The number of hydrogen-bond acceptors (Lipinski definition) is 4. The molecular formula is C16H22N4O. The maximum atomic E-state index is 5.58. The van der Waals surface area contributed by atoms with Gasteiger partial charge in [0.1, 0.15) is 12.2 Å². The first-order valence-corrected chi connectivity index (χ1v) is 7.47. The summed E-state index contributed by atoms with van der Waals surface area (Å²) in [7, 11) is 1.80. The van der Waals surface area contributed by atoms with Crippen LogP contribution in [0.3, 0.4) is 0 Å². The molecule has 1 fully saturated rings. The maximum Gasteiger partial charge on any atom is 0.146 e. The van der Waals surface area contributed by atoms with Gasteiger partial charge in [-0.05, 0) is 31.0 Å². The number of methoxy groups -OCH3 is 1. The fraction of sp³-hybridized carbons (Fsp3) is 0.500. The van der Waals surface area contributed by atoms with E-state index in [0.717, 1.165) is 37.6 Å². The second kappa shape index (κ2) is 6.37. The first-order valence-electron chi connectivity index (χ1n) is 7.47. The Morgan fingerprint density at radius 1 is 1.29 bits per heavy atom. The van der Waals surface area contributed by atoms with Crippen molar-refractivity contribution in [2.24, 2.45) is 5.92 Å². The standard InChI is InChI=1S/C16H22N4O/c1-13-8-9-19(10-15(13)21-2)11-16-17-12-18-20(16)14-6-4-3-5-7-14/h3-7,12-13,15H,8-11H2,1-2H3/t13-,15+/m0/s1. The van der Waals surface area contributed by atoms with E-state index in [9.17, 15) is 0 Å². The first-order chi connectivity index (χ1) is 10.3. The first kappa shape index (κ1) is 14.2. The summed E-state index contributed by atoms with van der Waals surface area (Å²) in [5, 5.41) is 4.35. The highest BCUT2D eigenvalue weighted by molar-refractivity contribution is 5.30. The molecule has 0 spiro atoms. The van der Waals surface area contributed by atoms with Crippen molar-refractivity contribution in [3.05, 3.63) is 42.5 Å². The zero-order chi connectivity index (χ0) is 14.7. The van der Waals surface area contributed by atoms with Crippen LogP contribution in [0.5, 0.6) is 0 Å². The van der Waals surface area contributed by atoms with Crippen molar-refractivity contribution in [1.82, 2.24) is 19.7 Å². The molecule has 0 N–H and O–H groups in total. The third-order valence-corrected chi connectivity index (χ3v) is 4.26. The lowest BCUT2D eigenvalue weighted by Gasteiger charge is -2.35. The number of benzene rings is 1. The fourth-order valence-corrected chi connectivity index (χ4v) is 2.91. The molecule has 112 valence electrons. The number of nitrogens with zero attached hydrogens (tertiary/aromatic N) is 4. The van der Waals surface area contributed by atoms with Crippen molar-refractivity contribution in [2.75, 3.05) is 20.2 Å². The smallest absolute Gasteiger partial charge is 0.146 e. The molecule has 1 aromatic heterocycles. The van der Waals surface area contributed by atoms with E-state index in [1.165, 1.54) is 0 Å². The average molecular weight is 286 g/mol. The van der Waals surface area contributed by atoms with Crippen molar-refractivity contribution in [1.29, 1.82) is 0 Å². The monoisotopic (exact) mass is 286 g/mol. The molecule has 0 aliphatic carbocycles. The summed E-state index contributed by atoms with van der Waals surface area (Å²) in [6, 6.07) is 10.1. The molecule has 1 aliphatic rings. The van der Waals surface area contributed by atoms with E-state index in [1.54, 1.807) is 13.4 Å². The van der Waals surface area contributed by atoms with Crippen molar-refractivity contribution in [3.63, 3.8) is 0 Å². The third kappa shape index (κ3) is 3.14. The van der Waals surface area contributed by atoms with Gasteiger partial charge in [-0.25, -0.2) is 9.67 Å². The van der Waals surface area contributed by atoms with Gasteiger partial charge in [0.15, 0.2) is 0 Å². The lowest BCUT2D eigenvalue weighted by atomic mass is 9.96. The highest BCUT2D eigenvalue weighted by atomic mass is 16.5. The molecule has 2 aromatic rings. The Balaban J connectivity index is 1.73. The minimum atomic E-state index is 0.312. The van der Waals surface area contributed by atoms with Crippen molar-refractivity contribution in [2.45, 2.75) is 26.0 Å². The van der Waals surface area contributed by atoms with Crippen LogP contribution in [-0.2, 0) is 11.3 Å². The van der Waals surface area contributed by atoms with E-state index < -0.39 is 0 Å². The highest BCUT2D eigenvalue weighted by Gasteiger charge is 2.26. The zero-order valence-electron chi connectivity index (χ0n) is 12.6. The molecule has 1 saturated heterocycles. The Labute approximate surface area is 125 Å². The molecule has 0 unspecified atom stereocenters. The predicted octanol–water partition coefficient (Wildman–Crippen LogP) is 2.12. The van der Waals surface area contributed by atoms with Gasteiger partial charge in [-0.3, -0.25) is 4.90 Å². The maximum absolute atomic E-state index is 5.58. The van der Waals surface area contributed by atoms with E-state index >= 15 is 0 Å². The fourth-order valence-electron chi connectivity index (χ4n) is 2.91. The second-order valence-corrected chi connectivity index (χ2v) is 5.70. The van der Waals surface area contributed by atoms with Gasteiger partial charge in [0.2, 0.25) is 0 Å². The van der Waals surface area contributed by atoms with Crippen molar-refractivity contribution < 1.29 is 4.74 Å². The molecule has 21 heavy (non-hydrogen) atoms. The number of aromatic nitrogens is 3. The molecule has 3 rings (SSSR count). The molecule has 1 aromatic carbocycles. The quantitative estimate of drug-likeness (QED) is 0.863. The molecule has 0 bridgehead atoms. The lowest BCUT2D eigenvalue weighted by Crippen LogP contribution is -2.43. The molecular weight excluding hydrogens is 264 g/mol. The molecule has 2 heterocycles. The van der Waals surface area contributed by atoms with Crippen LogP contribution < -0.4 is 0 Å². The summed E-state index contributed by atoms with van der Waals surface area (Å²) in [6.45, 7) is 5.11. The lowest BCUT2D eigenvalue weighted by molar-refractivity contribution is -0.00832. The second-order valence-electron chi connectivity index (χ2n) is 5.70. The van der Waals surface area contributed by atoms with E-state index in [4.69, 9.17) is 4.74 Å². The number of para-hydroxylation sites is 1. The van der Waals surface area contributed by atoms with Gasteiger partial charge in [0.05, 0.1) is 18.3 Å². The third-order valence-electron chi connectivity index (χ3n) is 4.26. The summed E-state index contributed by atoms with van der Waals surface area (Å²) in [5.41, 5.74) is 1.05. The van der Waals surface area contributed by atoms with Gasteiger partial charge in [-0.2, -0.15) is 5.10 Å². The van der Waals surface area contributed by atoms with Crippen LogP contribution in [0.25, 0.3) is 5.69 Å². The highest BCUT2D eigenvalue weighted by Crippen LogP contribution is 2.21. The van der Waals surface area contributed by atoms with Crippen LogP contribution in [-0.4, -0.2) is 46.0 Å². The Kier molecular flexibility index (Phi) is 4.31. The SMILES string of the molecule is CO[C@@H]1CN(Cc2ncnn2-c2ccccc2)CC[C@@H]1C. The van der Waals surface area contributed by atoms with Gasteiger partial charge < -0.3 is 4.74 Å². The Morgan fingerprint density at radius 2 is 2.10 bits per heavy atom. The Bertz CT molecular complexity index is 569. The summed E-state index contributed by atoms with van der Waals surface area (Å²) in [4.78, 5) is 6.83. The molecule has 0 saturated carbocycles. The molecule has 2 atom stereocenters. The van der Waals surface area contributed by atoms with Crippen molar-refractivity contribution in [3.8, 4) is 5.69 Å². The van der Waals surface area contributed by atoms with Crippen molar-refractivity contribution >= 4 is 0 Å². The van der Waals surface area contributed by atoms with Gasteiger partial charge >= 0.3 is 0 Å². The van der Waals surface area contributed by atoms with E-state index in [1.807, 2.05) is 22.9 Å². The number of likely N-dealkylation sites (tertiary alicyclic amines) is 1. The van der Waals surface area contributed by atoms with E-state index in [2.05, 4.69) is 34.0 Å². The minimum absolute atomic E-state index is 0.312. The van der Waals surface area contributed by atoms with Gasteiger partial charge in [0, 0.05) is 13.7 Å². The number of hydrogen-bond donors (Lipinski definition) is 0. The van der Waals surface area contributed by atoms with Crippen LogP contribution in [0.15, 0.2) is 36.7 Å². The van der Waals surface area contributed by atoms with Crippen LogP contribution in [0, 0.1) is 5.92 Å². The van der Waals surface area contributed by atoms with Gasteiger partial charge in [-0.1, -0.05) is 25.1 Å². The van der Waals surface area contributed by atoms with Crippen LogP contribution >= 0.6 is 0 Å². The summed E-state index contributed by atoms with van der Waals surface area (Å²) in [5.74, 6) is 1.60. The summed E-state index contributed by atoms with van der Waals surface area (Å²) < 4.78 is 7.50. The summed E-state index contributed by atoms with van der Waals surface area (Å²) in [6.07, 6.45) is 3.10.